The van der Waals surface area contributed by atoms with Crippen LogP contribution in [0.3, 0.4) is 0 Å². The van der Waals surface area contributed by atoms with Gasteiger partial charge in [-0.05, 0) is 29.7 Å². The van der Waals surface area contributed by atoms with Crippen LogP contribution < -0.4 is 20.3 Å². The van der Waals surface area contributed by atoms with Gasteiger partial charge in [0.05, 0.1) is 14.2 Å². The van der Waals surface area contributed by atoms with Crippen LogP contribution in [0, 0.1) is 0 Å². The van der Waals surface area contributed by atoms with E-state index in [0.717, 1.165) is 5.39 Å². The third-order valence-electron chi connectivity index (χ3n) is 3.87. The average molecular weight is 338 g/mol. The first-order valence-electron chi connectivity index (χ1n) is 7.72. The number of methoxy groups -OCH3 is 2. The second-order valence-corrected chi connectivity index (χ2v) is 5.45. The Labute approximate surface area is 144 Å². The number of nitrogens with zero attached hydrogens (tertiary/aromatic N) is 1. The number of ether oxygens (including phenoxy) is 2. The zero-order chi connectivity index (χ0) is 17.8. The van der Waals surface area contributed by atoms with Gasteiger partial charge >= 0.3 is 0 Å². The Morgan fingerprint density at radius 2 is 1.80 bits per heavy atom. The minimum atomic E-state index is -0.301. The van der Waals surface area contributed by atoms with Gasteiger partial charge in [0.2, 0.25) is 5.91 Å². The molecule has 3 aromatic rings. The van der Waals surface area contributed by atoms with Crippen LogP contribution >= 0.6 is 0 Å². The number of carbonyl (C=O) groups is 1. The standard InChI is InChI=1S/C19H18N2O4/c1-24-16-8-7-14(11-17(16)25-2)20-18(22)12-21-10-9-13-5-3-4-6-15(13)19(21)23/h3-11H,12H2,1-2H3,(H,20,22). The van der Waals surface area contributed by atoms with Crippen LogP contribution in [0.1, 0.15) is 0 Å². The van der Waals surface area contributed by atoms with Gasteiger partial charge in [-0.3, -0.25) is 9.59 Å². The lowest BCUT2D eigenvalue weighted by Crippen LogP contribution is -2.27. The van der Waals surface area contributed by atoms with E-state index in [2.05, 4.69) is 5.32 Å². The lowest BCUT2D eigenvalue weighted by Gasteiger charge is -2.11. The van der Waals surface area contributed by atoms with Crippen LogP contribution in [0.4, 0.5) is 5.69 Å². The lowest BCUT2D eigenvalue weighted by molar-refractivity contribution is -0.116. The van der Waals surface area contributed by atoms with Crippen molar-refractivity contribution >= 4 is 22.4 Å². The van der Waals surface area contributed by atoms with Crippen molar-refractivity contribution in [3.8, 4) is 11.5 Å². The van der Waals surface area contributed by atoms with Gasteiger partial charge in [0.25, 0.3) is 5.56 Å². The highest BCUT2D eigenvalue weighted by Gasteiger charge is 2.10. The molecule has 0 atom stereocenters. The molecule has 0 saturated carbocycles. The molecule has 0 bridgehead atoms. The number of anilines is 1. The number of hydrogen-bond donors (Lipinski definition) is 1. The minimum Gasteiger partial charge on any atom is -0.493 e. The van der Waals surface area contributed by atoms with Gasteiger partial charge in [-0.1, -0.05) is 18.2 Å². The predicted molar refractivity (Wildman–Crippen MR) is 96.4 cm³/mol. The Hall–Kier alpha value is -3.28. The second kappa shape index (κ2) is 7.09. The molecule has 128 valence electrons. The lowest BCUT2D eigenvalue weighted by atomic mass is 10.2. The summed E-state index contributed by atoms with van der Waals surface area (Å²) in [7, 11) is 3.07. The van der Waals surface area contributed by atoms with Crippen molar-refractivity contribution in [3.05, 3.63) is 65.1 Å². The van der Waals surface area contributed by atoms with E-state index in [4.69, 9.17) is 9.47 Å². The number of carbonyl (C=O) groups excluding carboxylic acids is 1. The van der Waals surface area contributed by atoms with E-state index in [0.29, 0.717) is 22.6 Å². The molecule has 0 fully saturated rings. The number of hydrogen-bond acceptors (Lipinski definition) is 4. The molecule has 0 spiro atoms. The van der Waals surface area contributed by atoms with Gasteiger partial charge in [-0.2, -0.15) is 0 Å². The molecule has 0 unspecified atom stereocenters. The van der Waals surface area contributed by atoms with Crippen LogP contribution in [0.5, 0.6) is 11.5 Å². The molecule has 1 amide bonds. The second-order valence-electron chi connectivity index (χ2n) is 5.45. The fraction of sp³-hybridized carbons (Fsp3) is 0.158. The number of pyridine rings is 1. The van der Waals surface area contributed by atoms with E-state index >= 15 is 0 Å². The summed E-state index contributed by atoms with van der Waals surface area (Å²) in [6.07, 6.45) is 1.62. The highest BCUT2D eigenvalue weighted by molar-refractivity contribution is 5.91. The monoisotopic (exact) mass is 338 g/mol. The Balaban J connectivity index is 1.79. The summed E-state index contributed by atoms with van der Waals surface area (Å²) < 4.78 is 11.8. The summed E-state index contributed by atoms with van der Waals surface area (Å²) in [4.78, 5) is 24.7. The summed E-state index contributed by atoms with van der Waals surface area (Å²) in [6.45, 7) is -0.0714. The molecule has 6 heteroatoms. The summed E-state index contributed by atoms with van der Waals surface area (Å²) in [5.74, 6) is 0.791. The van der Waals surface area contributed by atoms with Gasteiger partial charge in [0.15, 0.2) is 11.5 Å². The maximum Gasteiger partial charge on any atom is 0.258 e. The molecule has 0 aliphatic carbocycles. The molecule has 0 aliphatic rings. The Kier molecular flexibility index (Phi) is 4.70. The Morgan fingerprint density at radius 3 is 2.56 bits per heavy atom. The van der Waals surface area contributed by atoms with Gasteiger partial charge in [0, 0.05) is 23.3 Å². The van der Waals surface area contributed by atoms with E-state index in [9.17, 15) is 9.59 Å². The number of amides is 1. The third kappa shape index (κ3) is 3.47. The Morgan fingerprint density at radius 1 is 1.04 bits per heavy atom. The molecule has 1 aromatic heterocycles. The fourth-order valence-corrected chi connectivity index (χ4v) is 2.62. The number of benzene rings is 2. The maximum atomic E-state index is 12.4. The average Bonchev–Trinajstić information content (AvgIpc) is 2.64. The number of fused-ring (bicyclic) bond motifs is 1. The summed E-state index contributed by atoms with van der Waals surface area (Å²) in [5.41, 5.74) is 0.372. The van der Waals surface area contributed by atoms with Crippen LogP contribution in [0.25, 0.3) is 10.8 Å². The smallest absolute Gasteiger partial charge is 0.258 e. The van der Waals surface area contributed by atoms with Crippen molar-refractivity contribution < 1.29 is 14.3 Å². The van der Waals surface area contributed by atoms with E-state index in [1.165, 1.54) is 11.7 Å². The van der Waals surface area contributed by atoms with Crippen molar-refractivity contribution in [3.63, 3.8) is 0 Å². The minimum absolute atomic E-state index is 0.0714. The first-order chi connectivity index (χ1) is 12.1. The topological polar surface area (TPSA) is 69.6 Å². The highest BCUT2D eigenvalue weighted by Crippen LogP contribution is 2.29. The van der Waals surface area contributed by atoms with Gasteiger partial charge in [0.1, 0.15) is 6.54 Å². The molecule has 3 rings (SSSR count). The van der Waals surface area contributed by atoms with Gasteiger partial charge in [-0.25, -0.2) is 0 Å². The predicted octanol–water partition coefficient (Wildman–Crippen LogP) is 2.66. The normalized spacial score (nSPS) is 10.5. The van der Waals surface area contributed by atoms with Crippen molar-refractivity contribution in [2.24, 2.45) is 0 Å². The van der Waals surface area contributed by atoms with Gasteiger partial charge < -0.3 is 19.4 Å². The van der Waals surface area contributed by atoms with Crippen LogP contribution in [-0.2, 0) is 11.3 Å². The molecule has 1 N–H and O–H groups in total. The number of rotatable bonds is 5. The maximum absolute atomic E-state index is 12.4. The molecular weight excluding hydrogens is 320 g/mol. The van der Waals surface area contributed by atoms with Crippen molar-refractivity contribution in [1.82, 2.24) is 4.57 Å². The third-order valence-corrected chi connectivity index (χ3v) is 3.87. The Bertz CT molecular complexity index is 979. The number of nitrogens with one attached hydrogen (secondary N) is 1. The van der Waals surface area contributed by atoms with E-state index in [1.807, 2.05) is 18.2 Å². The highest BCUT2D eigenvalue weighted by atomic mass is 16.5. The van der Waals surface area contributed by atoms with Crippen LogP contribution in [0.2, 0.25) is 0 Å². The summed E-state index contributed by atoms with van der Waals surface area (Å²) in [5, 5.41) is 4.20. The van der Waals surface area contributed by atoms with Crippen molar-refractivity contribution in [1.29, 1.82) is 0 Å². The SMILES string of the molecule is COc1ccc(NC(=O)Cn2ccc3ccccc3c2=O)cc1OC. The zero-order valence-corrected chi connectivity index (χ0v) is 14.0. The molecule has 1 heterocycles. The van der Waals surface area contributed by atoms with E-state index < -0.39 is 0 Å². The van der Waals surface area contributed by atoms with Crippen LogP contribution in [0.15, 0.2) is 59.5 Å². The van der Waals surface area contributed by atoms with Crippen molar-refractivity contribution in [2.75, 3.05) is 19.5 Å². The number of aromatic nitrogens is 1. The molecule has 0 saturated heterocycles. The molecule has 0 radical (unpaired) electrons. The van der Waals surface area contributed by atoms with Crippen LogP contribution in [-0.4, -0.2) is 24.7 Å². The molecular formula is C19H18N2O4. The van der Waals surface area contributed by atoms with E-state index in [-0.39, 0.29) is 18.0 Å². The quantitative estimate of drug-likeness (QED) is 0.776. The van der Waals surface area contributed by atoms with Crippen molar-refractivity contribution in [2.45, 2.75) is 6.54 Å². The molecule has 2 aromatic carbocycles. The summed E-state index contributed by atoms with van der Waals surface area (Å²) >= 11 is 0. The molecule has 0 aliphatic heterocycles. The largest absolute Gasteiger partial charge is 0.493 e. The first-order valence-corrected chi connectivity index (χ1v) is 7.72. The molecule has 25 heavy (non-hydrogen) atoms. The van der Waals surface area contributed by atoms with E-state index in [1.54, 1.807) is 43.6 Å². The fourth-order valence-electron chi connectivity index (χ4n) is 2.62. The molecule has 6 nitrogen and oxygen atoms in total. The summed E-state index contributed by atoms with van der Waals surface area (Å²) in [6, 6.07) is 14.2. The van der Waals surface area contributed by atoms with Gasteiger partial charge in [-0.15, -0.1) is 0 Å². The zero-order valence-electron chi connectivity index (χ0n) is 14.0. The first kappa shape index (κ1) is 16.6.